The summed E-state index contributed by atoms with van der Waals surface area (Å²) >= 11 is 0. The fourth-order valence-electron chi connectivity index (χ4n) is 3.71. The van der Waals surface area contributed by atoms with E-state index in [4.69, 9.17) is 4.74 Å². The van der Waals surface area contributed by atoms with Crippen LogP contribution in [-0.2, 0) is 16.0 Å². The predicted octanol–water partition coefficient (Wildman–Crippen LogP) is 3.58. The predicted molar refractivity (Wildman–Crippen MR) is 114 cm³/mol. The molecule has 1 aliphatic rings. The van der Waals surface area contributed by atoms with Gasteiger partial charge in [-0.05, 0) is 43.9 Å². The van der Waals surface area contributed by atoms with Crippen LogP contribution in [0.3, 0.4) is 0 Å². The van der Waals surface area contributed by atoms with Crippen LogP contribution in [0, 0.1) is 0 Å². The van der Waals surface area contributed by atoms with E-state index in [1.807, 2.05) is 60.7 Å². The Labute approximate surface area is 173 Å². The molecule has 154 valence electrons. The van der Waals surface area contributed by atoms with E-state index in [-0.39, 0.29) is 24.5 Å². The molecule has 5 heteroatoms. The highest BCUT2D eigenvalue weighted by atomic mass is 16.5. The number of carbonyl (C=O) groups excluding carboxylic acids is 2. The van der Waals surface area contributed by atoms with Gasteiger partial charge in [0, 0.05) is 12.6 Å². The molecule has 0 aromatic heterocycles. The van der Waals surface area contributed by atoms with Crippen LogP contribution in [-0.4, -0.2) is 41.9 Å². The van der Waals surface area contributed by atoms with E-state index in [9.17, 15) is 9.59 Å². The molecule has 1 saturated carbocycles. The third-order valence-electron chi connectivity index (χ3n) is 5.46. The Kier molecular flexibility index (Phi) is 7.68. The van der Waals surface area contributed by atoms with Gasteiger partial charge in [0.05, 0.1) is 0 Å². The lowest BCUT2D eigenvalue weighted by Gasteiger charge is -2.29. The fraction of sp³-hybridized carbons (Fsp3) is 0.417. The van der Waals surface area contributed by atoms with Gasteiger partial charge in [0.2, 0.25) is 5.91 Å². The largest absolute Gasteiger partial charge is 0.484 e. The molecule has 0 bridgehead atoms. The Morgan fingerprint density at radius 2 is 1.66 bits per heavy atom. The van der Waals surface area contributed by atoms with Crippen molar-refractivity contribution in [1.82, 2.24) is 10.2 Å². The van der Waals surface area contributed by atoms with Gasteiger partial charge in [-0.15, -0.1) is 0 Å². The molecule has 5 nitrogen and oxygen atoms in total. The van der Waals surface area contributed by atoms with Crippen molar-refractivity contribution in [2.24, 2.45) is 0 Å². The Hall–Kier alpha value is -2.82. The molecule has 0 saturated heterocycles. The summed E-state index contributed by atoms with van der Waals surface area (Å²) in [5.41, 5.74) is 1.14. The average molecular weight is 395 g/mol. The van der Waals surface area contributed by atoms with Crippen molar-refractivity contribution in [3.05, 3.63) is 66.2 Å². The van der Waals surface area contributed by atoms with Crippen molar-refractivity contribution >= 4 is 11.8 Å². The normalized spacial score (nSPS) is 14.9. The summed E-state index contributed by atoms with van der Waals surface area (Å²) in [4.78, 5) is 27.4. The van der Waals surface area contributed by atoms with E-state index in [1.54, 1.807) is 11.8 Å². The number of amides is 2. The summed E-state index contributed by atoms with van der Waals surface area (Å²) in [6.45, 7) is 2.19. The van der Waals surface area contributed by atoms with Crippen LogP contribution in [0.25, 0.3) is 0 Å². The third kappa shape index (κ3) is 6.34. The molecule has 1 fully saturated rings. The molecule has 1 atom stereocenters. The number of ether oxygens (including phenoxy) is 1. The number of nitrogens with one attached hydrogen (secondary N) is 1. The first-order chi connectivity index (χ1) is 14.1. The lowest BCUT2D eigenvalue weighted by Crippen LogP contribution is -2.51. The standard InChI is InChI=1S/C24H30N2O3/c1-19(24(28)25-21-12-8-9-13-21)26(17-16-20-10-4-2-5-11-20)23(27)18-29-22-14-6-3-7-15-22/h2-7,10-11,14-15,19,21H,8-9,12-13,16-18H2,1H3,(H,25,28)/t19-/m1/s1. The quantitative estimate of drug-likeness (QED) is 0.707. The maximum Gasteiger partial charge on any atom is 0.261 e. The first-order valence-corrected chi connectivity index (χ1v) is 10.4. The summed E-state index contributed by atoms with van der Waals surface area (Å²) in [7, 11) is 0. The van der Waals surface area contributed by atoms with Gasteiger partial charge in [-0.2, -0.15) is 0 Å². The minimum absolute atomic E-state index is 0.0835. The van der Waals surface area contributed by atoms with Gasteiger partial charge in [0.25, 0.3) is 5.91 Å². The number of rotatable bonds is 9. The number of hydrogen-bond donors (Lipinski definition) is 1. The first kappa shape index (κ1) is 20.9. The Morgan fingerprint density at radius 3 is 2.31 bits per heavy atom. The topological polar surface area (TPSA) is 58.6 Å². The zero-order valence-electron chi connectivity index (χ0n) is 17.0. The maximum atomic E-state index is 12.9. The van der Waals surface area contributed by atoms with Crippen molar-refractivity contribution in [3.8, 4) is 5.75 Å². The molecule has 1 aliphatic carbocycles. The van der Waals surface area contributed by atoms with Crippen molar-refractivity contribution in [2.75, 3.05) is 13.2 Å². The third-order valence-corrected chi connectivity index (χ3v) is 5.46. The minimum Gasteiger partial charge on any atom is -0.484 e. The molecule has 2 aromatic rings. The van der Waals surface area contributed by atoms with Gasteiger partial charge in [0.15, 0.2) is 6.61 Å². The minimum atomic E-state index is -0.536. The highest BCUT2D eigenvalue weighted by Gasteiger charge is 2.28. The van der Waals surface area contributed by atoms with Crippen LogP contribution in [0.5, 0.6) is 5.75 Å². The van der Waals surface area contributed by atoms with E-state index in [0.29, 0.717) is 18.7 Å². The van der Waals surface area contributed by atoms with E-state index < -0.39 is 6.04 Å². The molecular formula is C24H30N2O3. The summed E-state index contributed by atoms with van der Waals surface area (Å²) in [5, 5.41) is 3.11. The van der Waals surface area contributed by atoms with E-state index in [1.165, 1.54) is 0 Å². The monoisotopic (exact) mass is 394 g/mol. The van der Waals surface area contributed by atoms with Crippen LogP contribution in [0.1, 0.15) is 38.2 Å². The molecular weight excluding hydrogens is 364 g/mol. The second-order valence-electron chi connectivity index (χ2n) is 7.59. The van der Waals surface area contributed by atoms with Crippen molar-refractivity contribution in [1.29, 1.82) is 0 Å². The van der Waals surface area contributed by atoms with Crippen LogP contribution in [0.15, 0.2) is 60.7 Å². The summed E-state index contributed by atoms with van der Waals surface area (Å²) in [5.74, 6) is 0.379. The molecule has 0 heterocycles. The van der Waals surface area contributed by atoms with Crippen molar-refractivity contribution in [2.45, 2.75) is 51.1 Å². The van der Waals surface area contributed by atoms with Gasteiger partial charge >= 0.3 is 0 Å². The van der Waals surface area contributed by atoms with Gasteiger partial charge < -0.3 is 15.0 Å². The van der Waals surface area contributed by atoms with Crippen LogP contribution < -0.4 is 10.1 Å². The number of hydrogen-bond acceptors (Lipinski definition) is 3. The lowest BCUT2D eigenvalue weighted by molar-refractivity contribution is -0.141. The first-order valence-electron chi connectivity index (χ1n) is 10.4. The van der Waals surface area contributed by atoms with Crippen LogP contribution in [0.2, 0.25) is 0 Å². The molecule has 0 aliphatic heterocycles. The highest BCUT2D eigenvalue weighted by Crippen LogP contribution is 2.18. The van der Waals surface area contributed by atoms with E-state index in [0.717, 1.165) is 31.2 Å². The SMILES string of the molecule is C[C@H](C(=O)NC1CCCC1)N(CCc1ccccc1)C(=O)COc1ccccc1. The highest BCUT2D eigenvalue weighted by molar-refractivity contribution is 5.88. The molecule has 29 heavy (non-hydrogen) atoms. The van der Waals surface area contributed by atoms with Gasteiger partial charge in [-0.3, -0.25) is 9.59 Å². The number of nitrogens with zero attached hydrogens (tertiary/aromatic N) is 1. The molecule has 0 spiro atoms. The van der Waals surface area contributed by atoms with E-state index >= 15 is 0 Å². The number of benzene rings is 2. The molecule has 0 radical (unpaired) electrons. The van der Waals surface area contributed by atoms with Crippen LogP contribution >= 0.6 is 0 Å². The van der Waals surface area contributed by atoms with Crippen molar-refractivity contribution < 1.29 is 14.3 Å². The Balaban J connectivity index is 1.63. The molecule has 2 amide bonds. The lowest BCUT2D eigenvalue weighted by atomic mass is 10.1. The molecule has 3 rings (SSSR count). The molecule has 1 N–H and O–H groups in total. The zero-order chi connectivity index (χ0) is 20.5. The maximum absolute atomic E-state index is 12.9. The molecule has 0 unspecified atom stereocenters. The Morgan fingerprint density at radius 1 is 1.03 bits per heavy atom. The number of carbonyl (C=O) groups is 2. The second kappa shape index (κ2) is 10.6. The van der Waals surface area contributed by atoms with Gasteiger partial charge in [-0.25, -0.2) is 0 Å². The van der Waals surface area contributed by atoms with Gasteiger partial charge in [-0.1, -0.05) is 61.4 Å². The van der Waals surface area contributed by atoms with Gasteiger partial charge in [0.1, 0.15) is 11.8 Å². The smallest absolute Gasteiger partial charge is 0.261 e. The summed E-state index contributed by atoms with van der Waals surface area (Å²) in [6.07, 6.45) is 5.04. The second-order valence-corrected chi connectivity index (χ2v) is 7.59. The van der Waals surface area contributed by atoms with E-state index in [2.05, 4.69) is 5.32 Å². The zero-order valence-corrected chi connectivity index (χ0v) is 17.0. The Bertz CT molecular complexity index is 773. The molecule has 2 aromatic carbocycles. The average Bonchev–Trinajstić information content (AvgIpc) is 3.26. The van der Waals surface area contributed by atoms with Crippen molar-refractivity contribution in [3.63, 3.8) is 0 Å². The summed E-state index contributed by atoms with van der Waals surface area (Å²) in [6, 6.07) is 19.0. The fourth-order valence-corrected chi connectivity index (χ4v) is 3.71. The van der Waals surface area contributed by atoms with Crippen LogP contribution in [0.4, 0.5) is 0 Å². The summed E-state index contributed by atoms with van der Waals surface area (Å²) < 4.78 is 5.64. The number of para-hydroxylation sites is 1.